The zero-order valence-corrected chi connectivity index (χ0v) is 11.1. The third-order valence-electron chi connectivity index (χ3n) is 2.43. The van der Waals surface area contributed by atoms with E-state index in [-0.39, 0.29) is 18.5 Å². The topological polar surface area (TPSA) is 64.5 Å². The summed E-state index contributed by atoms with van der Waals surface area (Å²) >= 11 is 5.98. The van der Waals surface area contributed by atoms with E-state index in [2.05, 4.69) is 9.97 Å². The molecule has 2 aromatic rings. The van der Waals surface area contributed by atoms with E-state index in [1.807, 2.05) is 18.2 Å². The minimum Gasteiger partial charge on any atom is -0.467 e. The van der Waals surface area contributed by atoms with Crippen molar-refractivity contribution in [3.8, 4) is 17.6 Å². The van der Waals surface area contributed by atoms with Gasteiger partial charge in [-0.15, -0.1) is 0 Å². The summed E-state index contributed by atoms with van der Waals surface area (Å²) in [5.74, 6) is 0.818. The molecule has 0 saturated heterocycles. The van der Waals surface area contributed by atoms with Gasteiger partial charge in [0.05, 0.1) is 13.3 Å². The van der Waals surface area contributed by atoms with Gasteiger partial charge in [-0.2, -0.15) is 4.98 Å². The molecule has 6 heteroatoms. The Labute approximate surface area is 115 Å². The number of aliphatic hydroxyl groups excluding tert-OH is 1. The first-order valence-electron chi connectivity index (χ1n) is 5.67. The summed E-state index contributed by atoms with van der Waals surface area (Å²) in [5.41, 5.74) is 0.874. The maximum Gasteiger partial charge on any atom is 0.319 e. The standard InChI is InChI=1S/C13H13ClN2O3/c1-18-13-15-8-10(14)12(16-13)19-11-5-3-2-4-9(11)6-7-17/h2-5,8,17H,6-7H2,1H3. The Kier molecular flexibility index (Phi) is 4.54. The highest BCUT2D eigenvalue weighted by Gasteiger charge is 2.10. The van der Waals surface area contributed by atoms with Crippen LogP contribution in [0.25, 0.3) is 0 Å². The molecule has 0 saturated carbocycles. The summed E-state index contributed by atoms with van der Waals surface area (Å²) in [7, 11) is 1.47. The molecule has 1 aromatic heterocycles. The predicted octanol–water partition coefficient (Wildman–Crippen LogP) is 2.47. The Morgan fingerprint density at radius 1 is 1.32 bits per heavy atom. The lowest BCUT2D eigenvalue weighted by Crippen LogP contribution is -1.98. The van der Waals surface area contributed by atoms with Crippen LogP contribution < -0.4 is 9.47 Å². The van der Waals surface area contributed by atoms with E-state index in [1.54, 1.807) is 6.07 Å². The number of para-hydroxylation sites is 1. The molecule has 0 atom stereocenters. The summed E-state index contributed by atoms with van der Waals surface area (Å²) < 4.78 is 10.6. The maximum absolute atomic E-state index is 9.02. The SMILES string of the molecule is COc1ncc(Cl)c(Oc2ccccc2CCO)n1. The molecule has 0 bridgehead atoms. The quantitative estimate of drug-likeness (QED) is 0.911. The number of hydrogen-bond acceptors (Lipinski definition) is 5. The van der Waals surface area contributed by atoms with Gasteiger partial charge in [-0.1, -0.05) is 29.8 Å². The normalized spacial score (nSPS) is 10.3. The average molecular weight is 281 g/mol. The molecule has 1 N–H and O–H groups in total. The van der Waals surface area contributed by atoms with Gasteiger partial charge in [0.1, 0.15) is 10.8 Å². The summed E-state index contributed by atoms with van der Waals surface area (Å²) in [6.07, 6.45) is 1.91. The van der Waals surface area contributed by atoms with Crippen LogP contribution in [0.15, 0.2) is 30.5 Å². The molecule has 0 aliphatic carbocycles. The Morgan fingerprint density at radius 2 is 2.11 bits per heavy atom. The molecule has 0 fully saturated rings. The van der Waals surface area contributed by atoms with Crippen molar-refractivity contribution in [2.24, 2.45) is 0 Å². The van der Waals surface area contributed by atoms with Gasteiger partial charge in [0.2, 0.25) is 5.88 Å². The van der Waals surface area contributed by atoms with E-state index in [0.29, 0.717) is 17.2 Å². The Morgan fingerprint density at radius 3 is 2.84 bits per heavy atom. The van der Waals surface area contributed by atoms with Crippen molar-refractivity contribution in [3.05, 3.63) is 41.0 Å². The molecule has 0 spiro atoms. The number of methoxy groups -OCH3 is 1. The van der Waals surface area contributed by atoms with Crippen LogP contribution in [-0.4, -0.2) is 28.8 Å². The Hall–Kier alpha value is -1.85. The summed E-state index contributed by atoms with van der Waals surface area (Å²) in [6.45, 7) is 0.0429. The number of nitrogens with zero attached hydrogens (tertiary/aromatic N) is 2. The number of halogens is 1. The van der Waals surface area contributed by atoms with Gasteiger partial charge in [-0.05, 0) is 18.1 Å². The smallest absolute Gasteiger partial charge is 0.319 e. The van der Waals surface area contributed by atoms with E-state index in [9.17, 15) is 0 Å². The first-order chi connectivity index (χ1) is 9.24. The molecule has 19 heavy (non-hydrogen) atoms. The van der Waals surface area contributed by atoms with E-state index < -0.39 is 0 Å². The molecule has 0 aliphatic heterocycles. The second kappa shape index (κ2) is 6.36. The third-order valence-corrected chi connectivity index (χ3v) is 2.69. The highest BCUT2D eigenvalue weighted by Crippen LogP contribution is 2.30. The second-order valence-electron chi connectivity index (χ2n) is 3.69. The summed E-state index contributed by atoms with van der Waals surface area (Å²) in [6, 6.07) is 7.55. The largest absolute Gasteiger partial charge is 0.467 e. The fourth-order valence-corrected chi connectivity index (χ4v) is 1.67. The van der Waals surface area contributed by atoms with Crippen molar-refractivity contribution in [1.82, 2.24) is 9.97 Å². The number of aromatic nitrogens is 2. The van der Waals surface area contributed by atoms with Crippen LogP contribution in [0.5, 0.6) is 17.6 Å². The number of ether oxygens (including phenoxy) is 2. The Balaban J connectivity index is 2.30. The number of rotatable bonds is 5. The van der Waals surface area contributed by atoms with Crippen molar-refractivity contribution in [2.75, 3.05) is 13.7 Å². The fourth-order valence-electron chi connectivity index (χ4n) is 1.54. The van der Waals surface area contributed by atoms with Crippen LogP contribution in [0.3, 0.4) is 0 Å². The van der Waals surface area contributed by atoms with Crippen LogP contribution >= 0.6 is 11.6 Å². The lowest BCUT2D eigenvalue weighted by atomic mass is 10.1. The van der Waals surface area contributed by atoms with Crippen LogP contribution in [0.4, 0.5) is 0 Å². The second-order valence-corrected chi connectivity index (χ2v) is 4.10. The molecule has 0 radical (unpaired) electrons. The van der Waals surface area contributed by atoms with Gasteiger partial charge in [0.15, 0.2) is 0 Å². The third kappa shape index (κ3) is 3.33. The number of benzene rings is 1. The van der Waals surface area contributed by atoms with Crippen molar-refractivity contribution < 1.29 is 14.6 Å². The minimum absolute atomic E-state index is 0.0429. The van der Waals surface area contributed by atoms with Crippen LogP contribution in [-0.2, 0) is 6.42 Å². The van der Waals surface area contributed by atoms with E-state index >= 15 is 0 Å². The lowest BCUT2D eigenvalue weighted by molar-refractivity contribution is 0.297. The predicted molar refractivity (Wildman–Crippen MR) is 70.9 cm³/mol. The summed E-state index contributed by atoms with van der Waals surface area (Å²) in [5, 5.41) is 9.31. The highest BCUT2D eigenvalue weighted by atomic mass is 35.5. The van der Waals surface area contributed by atoms with Crippen molar-refractivity contribution >= 4 is 11.6 Å². The molecule has 2 rings (SSSR count). The number of aliphatic hydroxyl groups is 1. The van der Waals surface area contributed by atoms with Gasteiger partial charge >= 0.3 is 6.01 Å². The fraction of sp³-hybridized carbons (Fsp3) is 0.231. The zero-order chi connectivity index (χ0) is 13.7. The molecule has 1 aromatic carbocycles. The van der Waals surface area contributed by atoms with E-state index in [1.165, 1.54) is 13.3 Å². The Bertz CT molecular complexity index is 563. The van der Waals surface area contributed by atoms with E-state index in [4.69, 9.17) is 26.2 Å². The molecule has 0 unspecified atom stereocenters. The van der Waals surface area contributed by atoms with Crippen LogP contribution in [0.1, 0.15) is 5.56 Å². The molecule has 0 aliphatic rings. The van der Waals surface area contributed by atoms with Crippen molar-refractivity contribution in [2.45, 2.75) is 6.42 Å². The van der Waals surface area contributed by atoms with Crippen LogP contribution in [0, 0.1) is 0 Å². The van der Waals surface area contributed by atoms with Gasteiger partial charge in [-0.3, -0.25) is 0 Å². The minimum atomic E-state index is 0.0429. The summed E-state index contributed by atoms with van der Waals surface area (Å²) in [4.78, 5) is 7.91. The van der Waals surface area contributed by atoms with Gasteiger partial charge < -0.3 is 14.6 Å². The maximum atomic E-state index is 9.02. The first-order valence-corrected chi connectivity index (χ1v) is 6.05. The lowest BCUT2D eigenvalue weighted by Gasteiger charge is -2.10. The van der Waals surface area contributed by atoms with Crippen LogP contribution in [0.2, 0.25) is 5.02 Å². The van der Waals surface area contributed by atoms with Gasteiger partial charge in [0, 0.05) is 6.61 Å². The molecule has 5 nitrogen and oxygen atoms in total. The van der Waals surface area contributed by atoms with Gasteiger partial charge in [-0.25, -0.2) is 4.98 Å². The molecule has 0 amide bonds. The molecule has 1 heterocycles. The number of hydrogen-bond donors (Lipinski definition) is 1. The molecular weight excluding hydrogens is 268 g/mol. The first kappa shape index (κ1) is 13.6. The average Bonchev–Trinajstić information content (AvgIpc) is 2.43. The van der Waals surface area contributed by atoms with E-state index in [0.717, 1.165) is 5.56 Å². The van der Waals surface area contributed by atoms with Crippen molar-refractivity contribution in [3.63, 3.8) is 0 Å². The van der Waals surface area contributed by atoms with Gasteiger partial charge in [0.25, 0.3) is 0 Å². The van der Waals surface area contributed by atoms with Crippen molar-refractivity contribution in [1.29, 1.82) is 0 Å². The highest BCUT2D eigenvalue weighted by molar-refractivity contribution is 6.31. The molecular formula is C13H13ClN2O3. The molecule has 100 valence electrons. The monoisotopic (exact) mass is 280 g/mol. The zero-order valence-electron chi connectivity index (χ0n) is 10.3.